The number of carboxylic acid groups (broad SMARTS) is 1. The molecular formula is C11H17NO3S. The summed E-state index contributed by atoms with van der Waals surface area (Å²) in [4.78, 5) is 25.0. The lowest BCUT2D eigenvalue weighted by molar-refractivity contribution is -0.142. The van der Waals surface area contributed by atoms with Gasteiger partial charge in [-0.2, -0.15) is 11.8 Å². The van der Waals surface area contributed by atoms with Gasteiger partial charge in [-0.05, 0) is 5.41 Å². The molecule has 0 aromatic heterocycles. The SMILES string of the molecule is CC1(C)[C@H](C(=O)N2CCSCC2)[C@@H]1C(=O)O. The van der Waals surface area contributed by atoms with Crippen LogP contribution in [0, 0.1) is 17.3 Å². The van der Waals surface area contributed by atoms with Gasteiger partial charge in [-0.25, -0.2) is 0 Å². The van der Waals surface area contributed by atoms with E-state index in [1.165, 1.54) is 0 Å². The Labute approximate surface area is 99.4 Å². The second-order valence-electron chi connectivity index (χ2n) is 5.05. The smallest absolute Gasteiger partial charge is 0.307 e. The number of carboxylic acids is 1. The number of nitrogens with zero attached hydrogens (tertiary/aromatic N) is 1. The van der Waals surface area contributed by atoms with Crippen molar-refractivity contribution in [2.45, 2.75) is 13.8 Å². The van der Waals surface area contributed by atoms with Crippen molar-refractivity contribution in [3.8, 4) is 0 Å². The van der Waals surface area contributed by atoms with Crippen LogP contribution in [0.25, 0.3) is 0 Å². The van der Waals surface area contributed by atoms with E-state index in [4.69, 9.17) is 5.11 Å². The molecule has 0 spiro atoms. The lowest BCUT2D eigenvalue weighted by Crippen LogP contribution is -2.39. The maximum atomic E-state index is 12.1. The van der Waals surface area contributed by atoms with Crippen LogP contribution in [-0.2, 0) is 9.59 Å². The first-order valence-corrected chi connectivity index (χ1v) is 6.71. The summed E-state index contributed by atoms with van der Waals surface area (Å²) in [7, 11) is 0. The maximum Gasteiger partial charge on any atom is 0.307 e. The maximum absolute atomic E-state index is 12.1. The lowest BCUT2D eigenvalue weighted by atomic mass is 10.1. The third-order valence-electron chi connectivity index (χ3n) is 3.68. The second kappa shape index (κ2) is 3.95. The van der Waals surface area contributed by atoms with Crippen molar-refractivity contribution in [1.82, 2.24) is 4.90 Å². The van der Waals surface area contributed by atoms with Crippen LogP contribution in [0.1, 0.15) is 13.8 Å². The Bertz CT molecular complexity index is 323. The number of rotatable bonds is 2. The molecule has 16 heavy (non-hydrogen) atoms. The summed E-state index contributed by atoms with van der Waals surface area (Å²) in [6.07, 6.45) is 0. The standard InChI is InChI=1S/C11H17NO3S/c1-11(2)7(8(11)10(14)15)9(13)12-3-5-16-6-4-12/h7-8H,3-6H2,1-2H3,(H,14,15)/t7-,8+/m0/s1. The van der Waals surface area contributed by atoms with E-state index in [9.17, 15) is 9.59 Å². The van der Waals surface area contributed by atoms with E-state index >= 15 is 0 Å². The molecule has 0 aromatic carbocycles. The molecule has 0 bridgehead atoms. The Kier molecular flexibility index (Phi) is 2.90. The molecule has 1 N–H and O–H groups in total. The minimum absolute atomic E-state index is 0.0395. The normalized spacial score (nSPS) is 32.2. The first-order chi connectivity index (χ1) is 7.46. The Morgan fingerprint density at radius 2 is 1.81 bits per heavy atom. The van der Waals surface area contributed by atoms with Crippen LogP contribution in [0.15, 0.2) is 0 Å². The average Bonchev–Trinajstić information content (AvgIpc) is 2.82. The largest absolute Gasteiger partial charge is 0.481 e. The first kappa shape index (κ1) is 11.8. The third kappa shape index (κ3) is 1.81. The molecule has 2 aliphatic rings. The van der Waals surface area contributed by atoms with Crippen molar-refractivity contribution >= 4 is 23.6 Å². The predicted molar refractivity (Wildman–Crippen MR) is 62.3 cm³/mol. The zero-order valence-corrected chi connectivity index (χ0v) is 10.4. The third-order valence-corrected chi connectivity index (χ3v) is 4.62. The van der Waals surface area contributed by atoms with Gasteiger partial charge in [0.05, 0.1) is 11.8 Å². The molecule has 0 unspecified atom stereocenters. The van der Waals surface area contributed by atoms with Crippen LogP contribution in [0.2, 0.25) is 0 Å². The number of hydrogen-bond acceptors (Lipinski definition) is 3. The summed E-state index contributed by atoms with van der Waals surface area (Å²) in [6, 6.07) is 0. The van der Waals surface area contributed by atoms with Crippen molar-refractivity contribution in [3.63, 3.8) is 0 Å². The van der Waals surface area contributed by atoms with Gasteiger partial charge in [0.1, 0.15) is 0 Å². The number of hydrogen-bond donors (Lipinski definition) is 1. The molecule has 2 atom stereocenters. The summed E-state index contributed by atoms with van der Waals surface area (Å²) >= 11 is 1.84. The molecule has 1 heterocycles. The lowest BCUT2D eigenvalue weighted by Gasteiger charge is -2.27. The Hall–Kier alpha value is -0.710. The van der Waals surface area contributed by atoms with Crippen LogP contribution >= 0.6 is 11.8 Å². The summed E-state index contributed by atoms with van der Waals surface area (Å²) < 4.78 is 0. The molecule has 0 aromatic rings. The fourth-order valence-electron chi connectivity index (χ4n) is 2.54. The molecule has 2 fully saturated rings. The van der Waals surface area contributed by atoms with Crippen LogP contribution in [-0.4, -0.2) is 46.5 Å². The van der Waals surface area contributed by atoms with Crippen LogP contribution in [0.4, 0.5) is 0 Å². The van der Waals surface area contributed by atoms with Gasteiger partial charge in [-0.1, -0.05) is 13.8 Å². The van der Waals surface area contributed by atoms with Gasteiger partial charge in [-0.3, -0.25) is 9.59 Å². The number of carbonyl (C=O) groups is 2. The first-order valence-electron chi connectivity index (χ1n) is 5.55. The molecule has 0 radical (unpaired) electrons. The number of aliphatic carboxylic acids is 1. The van der Waals surface area contributed by atoms with Gasteiger partial charge in [0, 0.05) is 24.6 Å². The summed E-state index contributed by atoms with van der Waals surface area (Å²) in [5.41, 5.74) is -0.368. The van der Waals surface area contributed by atoms with Crippen molar-refractivity contribution in [2.24, 2.45) is 17.3 Å². The number of thioether (sulfide) groups is 1. The molecule has 1 aliphatic carbocycles. The molecule has 1 amide bonds. The predicted octanol–water partition coefficient (Wildman–Crippen LogP) is 0.919. The van der Waals surface area contributed by atoms with Gasteiger partial charge in [0.2, 0.25) is 5.91 Å². The van der Waals surface area contributed by atoms with Gasteiger partial charge in [0.25, 0.3) is 0 Å². The highest BCUT2D eigenvalue weighted by atomic mass is 32.2. The van der Waals surface area contributed by atoms with Crippen molar-refractivity contribution < 1.29 is 14.7 Å². The molecule has 4 nitrogen and oxygen atoms in total. The van der Waals surface area contributed by atoms with E-state index in [0.717, 1.165) is 24.6 Å². The summed E-state index contributed by atoms with van der Waals surface area (Å²) in [6.45, 7) is 5.27. The second-order valence-corrected chi connectivity index (χ2v) is 6.28. The molecule has 1 saturated heterocycles. The van der Waals surface area contributed by atoms with Gasteiger partial charge in [0.15, 0.2) is 0 Å². The quantitative estimate of drug-likeness (QED) is 0.783. The van der Waals surface area contributed by atoms with E-state index in [0.29, 0.717) is 0 Å². The molecular weight excluding hydrogens is 226 g/mol. The highest BCUT2D eigenvalue weighted by molar-refractivity contribution is 7.99. The van der Waals surface area contributed by atoms with Gasteiger partial charge < -0.3 is 10.0 Å². The van der Waals surface area contributed by atoms with Crippen LogP contribution in [0.5, 0.6) is 0 Å². The number of carbonyl (C=O) groups excluding carboxylic acids is 1. The monoisotopic (exact) mass is 243 g/mol. The van der Waals surface area contributed by atoms with Gasteiger partial charge in [-0.15, -0.1) is 0 Å². The van der Waals surface area contributed by atoms with Crippen LogP contribution in [0.3, 0.4) is 0 Å². The van der Waals surface area contributed by atoms with Crippen molar-refractivity contribution in [3.05, 3.63) is 0 Å². The Morgan fingerprint density at radius 3 is 2.25 bits per heavy atom. The molecule has 2 rings (SSSR count). The Balaban J connectivity index is 2.03. The van der Waals surface area contributed by atoms with Crippen LogP contribution < -0.4 is 0 Å². The topological polar surface area (TPSA) is 57.6 Å². The summed E-state index contributed by atoms with van der Waals surface area (Å²) in [5, 5.41) is 9.03. The van der Waals surface area contributed by atoms with Crippen molar-refractivity contribution in [1.29, 1.82) is 0 Å². The highest BCUT2D eigenvalue weighted by Crippen LogP contribution is 2.59. The zero-order chi connectivity index (χ0) is 11.9. The molecule has 1 aliphatic heterocycles. The Morgan fingerprint density at radius 1 is 1.25 bits per heavy atom. The molecule has 90 valence electrons. The van der Waals surface area contributed by atoms with E-state index in [1.807, 2.05) is 30.5 Å². The summed E-state index contributed by atoms with van der Waals surface area (Å²) in [5.74, 6) is 0.336. The van der Waals surface area contributed by atoms with E-state index < -0.39 is 11.9 Å². The average molecular weight is 243 g/mol. The minimum Gasteiger partial charge on any atom is -0.481 e. The highest BCUT2D eigenvalue weighted by Gasteiger charge is 2.66. The van der Waals surface area contributed by atoms with E-state index in [-0.39, 0.29) is 17.2 Å². The van der Waals surface area contributed by atoms with E-state index in [2.05, 4.69) is 0 Å². The van der Waals surface area contributed by atoms with E-state index in [1.54, 1.807) is 0 Å². The number of amides is 1. The van der Waals surface area contributed by atoms with Gasteiger partial charge >= 0.3 is 5.97 Å². The minimum atomic E-state index is -0.838. The fourth-order valence-corrected chi connectivity index (χ4v) is 3.44. The van der Waals surface area contributed by atoms with Crippen molar-refractivity contribution in [2.75, 3.05) is 24.6 Å². The fraction of sp³-hybridized carbons (Fsp3) is 0.818. The zero-order valence-electron chi connectivity index (χ0n) is 9.60. The molecule has 5 heteroatoms. The molecule has 1 saturated carbocycles.